The van der Waals surface area contributed by atoms with Crippen molar-refractivity contribution in [2.24, 2.45) is 0 Å². The molecule has 3 heterocycles. The quantitative estimate of drug-likeness (QED) is 0.900. The van der Waals surface area contributed by atoms with E-state index in [2.05, 4.69) is 21.6 Å². The molecule has 1 aliphatic heterocycles. The van der Waals surface area contributed by atoms with Crippen molar-refractivity contribution in [2.45, 2.75) is 25.5 Å². The van der Waals surface area contributed by atoms with E-state index in [9.17, 15) is 0 Å². The molecular formula is C13H16N4OS. The Hall–Kier alpha value is -1.66. The smallest absolute Gasteiger partial charge is 0.147 e. The minimum atomic E-state index is 0.216. The molecule has 19 heavy (non-hydrogen) atoms. The molecule has 0 bridgehead atoms. The predicted molar refractivity (Wildman–Crippen MR) is 77.2 cm³/mol. The second kappa shape index (κ2) is 5.14. The first-order valence-electron chi connectivity index (χ1n) is 6.29. The lowest BCUT2D eigenvalue weighted by Crippen LogP contribution is -2.26. The summed E-state index contributed by atoms with van der Waals surface area (Å²) in [5.41, 5.74) is 7.99. The average molecular weight is 276 g/mol. The number of nitrogen functional groups attached to an aromatic ring is 1. The van der Waals surface area contributed by atoms with Crippen LogP contribution in [0.15, 0.2) is 24.5 Å². The van der Waals surface area contributed by atoms with Gasteiger partial charge in [-0.05, 0) is 42.6 Å². The maximum atomic E-state index is 5.99. The summed E-state index contributed by atoms with van der Waals surface area (Å²) in [6, 6.07) is 4.21. The summed E-state index contributed by atoms with van der Waals surface area (Å²) in [4.78, 5) is 4.03. The van der Waals surface area contributed by atoms with Crippen molar-refractivity contribution in [3.8, 4) is 11.1 Å². The second-order valence-corrected chi connectivity index (χ2v) is 5.40. The molecular weight excluding hydrogens is 260 g/mol. The van der Waals surface area contributed by atoms with Gasteiger partial charge in [-0.2, -0.15) is 4.37 Å². The zero-order valence-electron chi connectivity index (χ0n) is 10.7. The topological polar surface area (TPSA) is 73.1 Å². The number of hydrogen-bond acceptors (Lipinski definition) is 6. The number of ether oxygens (including phenoxy) is 1. The number of nitrogens with one attached hydrogen (secondary N) is 1. The molecule has 6 heteroatoms. The van der Waals surface area contributed by atoms with Gasteiger partial charge in [-0.3, -0.25) is 4.98 Å². The number of aromatic nitrogens is 2. The van der Waals surface area contributed by atoms with Gasteiger partial charge < -0.3 is 15.8 Å². The summed E-state index contributed by atoms with van der Waals surface area (Å²) in [7, 11) is 0. The summed E-state index contributed by atoms with van der Waals surface area (Å²) >= 11 is 1.40. The van der Waals surface area contributed by atoms with E-state index in [0.717, 1.165) is 29.2 Å². The molecule has 0 spiro atoms. The molecule has 3 N–H and O–H groups in total. The van der Waals surface area contributed by atoms with E-state index in [1.807, 2.05) is 12.1 Å². The minimum Gasteiger partial charge on any atom is -0.382 e. The molecule has 0 saturated carbocycles. The fourth-order valence-corrected chi connectivity index (χ4v) is 3.09. The van der Waals surface area contributed by atoms with Crippen LogP contribution in [0.25, 0.3) is 11.1 Å². The lowest BCUT2D eigenvalue weighted by atomic mass is 10.1. The first kappa shape index (κ1) is 12.4. The van der Waals surface area contributed by atoms with Gasteiger partial charge in [0.1, 0.15) is 10.8 Å². The first-order valence-corrected chi connectivity index (χ1v) is 7.06. The molecule has 2 unspecified atom stereocenters. The van der Waals surface area contributed by atoms with Gasteiger partial charge in [-0.25, -0.2) is 0 Å². The van der Waals surface area contributed by atoms with Gasteiger partial charge in [-0.1, -0.05) is 0 Å². The van der Waals surface area contributed by atoms with Crippen molar-refractivity contribution in [1.82, 2.24) is 9.36 Å². The van der Waals surface area contributed by atoms with Crippen molar-refractivity contribution in [3.05, 3.63) is 24.5 Å². The van der Waals surface area contributed by atoms with E-state index in [1.165, 1.54) is 11.5 Å². The van der Waals surface area contributed by atoms with E-state index in [0.29, 0.717) is 11.9 Å². The Balaban J connectivity index is 1.91. The van der Waals surface area contributed by atoms with Crippen LogP contribution >= 0.6 is 11.5 Å². The van der Waals surface area contributed by atoms with Crippen LogP contribution in [0, 0.1) is 0 Å². The molecule has 0 aromatic carbocycles. The molecule has 1 aliphatic rings. The number of nitrogens with zero attached hydrogens (tertiary/aromatic N) is 2. The summed E-state index contributed by atoms with van der Waals surface area (Å²) < 4.78 is 9.83. The van der Waals surface area contributed by atoms with Crippen LogP contribution in [0.3, 0.4) is 0 Å². The Kier molecular flexibility index (Phi) is 3.35. The van der Waals surface area contributed by atoms with Gasteiger partial charge >= 0.3 is 0 Å². The number of nitrogens with two attached hydrogens (primary N) is 1. The highest BCUT2D eigenvalue weighted by molar-refractivity contribution is 7.11. The Morgan fingerprint density at radius 2 is 2.21 bits per heavy atom. The van der Waals surface area contributed by atoms with Crippen LogP contribution in [0.5, 0.6) is 0 Å². The van der Waals surface area contributed by atoms with Crippen LogP contribution in [0.2, 0.25) is 0 Å². The van der Waals surface area contributed by atoms with E-state index in [4.69, 9.17) is 10.5 Å². The number of rotatable bonds is 3. The van der Waals surface area contributed by atoms with Gasteiger partial charge in [-0.15, -0.1) is 0 Å². The van der Waals surface area contributed by atoms with E-state index >= 15 is 0 Å². The molecule has 1 saturated heterocycles. The Labute approximate surface area is 116 Å². The third kappa shape index (κ3) is 2.41. The molecule has 3 rings (SSSR count). The molecule has 2 aromatic rings. The van der Waals surface area contributed by atoms with Crippen molar-refractivity contribution in [3.63, 3.8) is 0 Å². The van der Waals surface area contributed by atoms with Crippen LogP contribution in [-0.2, 0) is 4.74 Å². The summed E-state index contributed by atoms with van der Waals surface area (Å²) in [5.74, 6) is 0.560. The van der Waals surface area contributed by atoms with Gasteiger partial charge in [0.2, 0.25) is 0 Å². The highest BCUT2D eigenvalue weighted by Gasteiger charge is 2.26. The number of pyridine rings is 1. The maximum Gasteiger partial charge on any atom is 0.147 e. The van der Waals surface area contributed by atoms with Crippen LogP contribution in [0.1, 0.15) is 13.3 Å². The first-order chi connectivity index (χ1) is 9.25. The molecule has 2 aromatic heterocycles. The Morgan fingerprint density at radius 1 is 1.42 bits per heavy atom. The van der Waals surface area contributed by atoms with Crippen LogP contribution in [-0.4, -0.2) is 28.1 Å². The van der Waals surface area contributed by atoms with Crippen molar-refractivity contribution >= 4 is 22.4 Å². The van der Waals surface area contributed by atoms with Gasteiger partial charge in [0, 0.05) is 19.0 Å². The molecule has 0 amide bonds. The molecule has 2 atom stereocenters. The molecule has 0 aliphatic carbocycles. The fourth-order valence-electron chi connectivity index (χ4n) is 2.29. The summed E-state index contributed by atoms with van der Waals surface area (Å²) in [6.45, 7) is 2.89. The summed E-state index contributed by atoms with van der Waals surface area (Å²) in [6.07, 6.45) is 4.75. The van der Waals surface area contributed by atoms with Gasteiger partial charge in [0.05, 0.1) is 17.7 Å². The lowest BCUT2D eigenvalue weighted by Gasteiger charge is -2.17. The zero-order chi connectivity index (χ0) is 13.2. The SMILES string of the molecule is CC1OCCC1Nc1snc(N)c1-c1ccncc1. The Morgan fingerprint density at radius 3 is 2.89 bits per heavy atom. The van der Waals surface area contributed by atoms with Crippen molar-refractivity contribution in [2.75, 3.05) is 17.7 Å². The van der Waals surface area contributed by atoms with E-state index in [-0.39, 0.29) is 6.10 Å². The largest absolute Gasteiger partial charge is 0.382 e. The number of hydrogen-bond donors (Lipinski definition) is 2. The monoisotopic (exact) mass is 276 g/mol. The minimum absolute atomic E-state index is 0.216. The number of anilines is 2. The zero-order valence-corrected chi connectivity index (χ0v) is 11.5. The third-order valence-electron chi connectivity index (χ3n) is 3.38. The van der Waals surface area contributed by atoms with Crippen molar-refractivity contribution in [1.29, 1.82) is 0 Å². The van der Waals surface area contributed by atoms with Gasteiger partial charge in [0.15, 0.2) is 0 Å². The molecule has 1 fully saturated rings. The highest BCUT2D eigenvalue weighted by atomic mass is 32.1. The van der Waals surface area contributed by atoms with Gasteiger partial charge in [0.25, 0.3) is 0 Å². The third-order valence-corrected chi connectivity index (χ3v) is 4.17. The fraction of sp³-hybridized carbons (Fsp3) is 0.385. The standard InChI is InChI=1S/C13H16N4OS/c1-8-10(4-7-18-8)16-13-11(12(14)17-19-13)9-2-5-15-6-3-9/h2-3,5-6,8,10,16H,4,7H2,1H3,(H2,14,17). The lowest BCUT2D eigenvalue weighted by molar-refractivity contribution is 0.121. The van der Waals surface area contributed by atoms with Crippen LogP contribution < -0.4 is 11.1 Å². The predicted octanol–water partition coefficient (Wildman–Crippen LogP) is 2.38. The highest BCUT2D eigenvalue weighted by Crippen LogP contribution is 2.37. The van der Waals surface area contributed by atoms with Crippen LogP contribution in [0.4, 0.5) is 10.8 Å². The second-order valence-electron chi connectivity index (χ2n) is 4.62. The molecule has 0 radical (unpaired) electrons. The maximum absolute atomic E-state index is 5.99. The Bertz CT molecular complexity index is 557. The molecule has 5 nitrogen and oxygen atoms in total. The van der Waals surface area contributed by atoms with Crippen molar-refractivity contribution < 1.29 is 4.74 Å². The average Bonchev–Trinajstić information content (AvgIpc) is 2.98. The normalized spacial score (nSPS) is 22.6. The van der Waals surface area contributed by atoms with E-state index in [1.54, 1.807) is 12.4 Å². The summed E-state index contributed by atoms with van der Waals surface area (Å²) in [5, 5.41) is 4.51. The van der Waals surface area contributed by atoms with E-state index < -0.39 is 0 Å². The molecule has 100 valence electrons.